The molecule has 0 radical (unpaired) electrons. The first-order chi connectivity index (χ1) is 13.7. The molecule has 0 spiro atoms. The molecule has 0 bridgehead atoms. The number of nitrogens with zero attached hydrogens (tertiary/aromatic N) is 2. The van der Waals surface area contributed by atoms with Gasteiger partial charge in [-0.2, -0.15) is 0 Å². The fourth-order valence-corrected chi connectivity index (χ4v) is 3.52. The monoisotopic (exact) mass is 433 g/mol. The van der Waals surface area contributed by atoms with Gasteiger partial charge in [0.05, 0.1) is 12.3 Å². The smallest absolute Gasteiger partial charge is 0.318 e. The standard InChI is InChI=1S/C22H25Cl2N3O2/c1-22(2,3)25-21(28)27(13-15-8-4-6-10-18(15)23)14-16-12-20(26-29-16)17-9-5-7-11-19(17)24/h4-11,16H,12-14H2,1-3H3,(H,25,28). The van der Waals surface area contributed by atoms with Crippen molar-refractivity contribution in [3.8, 4) is 0 Å². The predicted octanol–water partition coefficient (Wildman–Crippen LogP) is 5.50. The first-order valence-corrected chi connectivity index (χ1v) is 10.3. The lowest BCUT2D eigenvalue weighted by molar-refractivity contribution is 0.0580. The van der Waals surface area contributed by atoms with Crippen LogP contribution in [0.4, 0.5) is 4.79 Å². The van der Waals surface area contributed by atoms with Crippen molar-refractivity contribution in [1.29, 1.82) is 0 Å². The number of rotatable bonds is 5. The highest BCUT2D eigenvalue weighted by molar-refractivity contribution is 6.34. The van der Waals surface area contributed by atoms with Crippen molar-refractivity contribution < 1.29 is 9.63 Å². The second-order valence-electron chi connectivity index (χ2n) is 8.10. The third-order valence-electron chi connectivity index (χ3n) is 4.43. The highest BCUT2D eigenvalue weighted by Crippen LogP contribution is 2.24. The molecular formula is C22H25Cl2N3O2. The highest BCUT2D eigenvalue weighted by atomic mass is 35.5. The zero-order valence-corrected chi connectivity index (χ0v) is 18.3. The summed E-state index contributed by atoms with van der Waals surface area (Å²) in [4.78, 5) is 20.3. The first kappa shape index (κ1) is 21.5. The van der Waals surface area contributed by atoms with E-state index in [1.54, 1.807) is 4.90 Å². The number of benzene rings is 2. The Balaban J connectivity index is 1.73. The molecule has 7 heteroatoms. The van der Waals surface area contributed by atoms with E-state index >= 15 is 0 Å². The van der Waals surface area contributed by atoms with Gasteiger partial charge in [-0.25, -0.2) is 4.79 Å². The Morgan fingerprint density at radius 2 is 1.79 bits per heavy atom. The summed E-state index contributed by atoms with van der Waals surface area (Å²) in [6, 6.07) is 14.9. The number of nitrogens with one attached hydrogen (secondary N) is 1. The average Bonchev–Trinajstić information content (AvgIpc) is 3.10. The van der Waals surface area contributed by atoms with E-state index in [0.29, 0.717) is 29.6 Å². The molecule has 0 aliphatic carbocycles. The zero-order valence-electron chi connectivity index (χ0n) is 16.8. The second kappa shape index (κ2) is 9.06. The predicted molar refractivity (Wildman–Crippen MR) is 118 cm³/mol. The lowest BCUT2D eigenvalue weighted by Crippen LogP contribution is -2.50. The fourth-order valence-electron chi connectivity index (χ4n) is 3.08. The van der Waals surface area contributed by atoms with Gasteiger partial charge in [-0.15, -0.1) is 0 Å². The van der Waals surface area contributed by atoms with E-state index in [1.165, 1.54) is 0 Å². The molecule has 0 saturated carbocycles. The lowest BCUT2D eigenvalue weighted by Gasteiger charge is -2.30. The highest BCUT2D eigenvalue weighted by Gasteiger charge is 2.29. The molecule has 3 rings (SSSR count). The molecule has 1 aliphatic rings. The fraction of sp³-hybridized carbons (Fsp3) is 0.364. The normalized spacial score (nSPS) is 16.2. The third-order valence-corrected chi connectivity index (χ3v) is 5.13. The van der Waals surface area contributed by atoms with E-state index in [2.05, 4.69) is 10.5 Å². The minimum atomic E-state index is -0.356. The Hall–Kier alpha value is -2.24. The molecule has 1 N–H and O–H groups in total. The van der Waals surface area contributed by atoms with Crippen LogP contribution >= 0.6 is 23.2 Å². The SMILES string of the molecule is CC(C)(C)NC(=O)N(Cc1ccccc1Cl)CC1CC(c2ccccc2Cl)=NO1. The quantitative estimate of drug-likeness (QED) is 0.676. The van der Waals surface area contributed by atoms with Gasteiger partial charge in [0.2, 0.25) is 0 Å². The van der Waals surface area contributed by atoms with E-state index in [-0.39, 0.29) is 17.7 Å². The molecular weight excluding hydrogens is 409 g/mol. The Morgan fingerprint density at radius 3 is 2.45 bits per heavy atom. The van der Waals surface area contributed by atoms with Crippen molar-refractivity contribution in [2.24, 2.45) is 5.16 Å². The Morgan fingerprint density at radius 1 is 1.14 bits per heavy atom. The molecule has 29 heavy (non-hydrogen) atoms. The maximum Gasteiger partial charge on any atom is 0.318 e. The van der Waals surface area contributed by atoms with Gasteiger partial charge in [-0.05, 0) is 38.5 Å². The Kier molecular flexibility index (Phi) is 6.70. The lowest BCUT2D eigenvalue weighted by atomic mass is 10.0. The summed E-state index contributed by atoms with van der Waals surface area (Å²) in [6.07, 6.45) is 0.320. The Bertz CT molecular complexity index is 909. The molecule has 0 aromatic heterocycles. The van der Waals surface area contributed by atoms with E-state index < -0.39 is 0 Å². The summed E-state index contributed by atoms with van der Waals surface area (Å²) in [7, 11) is 0. The molecule has 2 aromatic carbocycles. The summed E-state index contributed by atoms with van der Waals surface area (Å²) in [5.41, 5.74) is 2.16. The van der Waals surface area contributed by atoms with Crippen molar-refractivity contribution in [1.82, 2.24) is 10.2 Å². The van der Waals surface area contributed by atoms with Gasteiger partial charge in [-0.3, -0.25) is 0 Å². The van der Waals surface area contributed by atoms with Crippen LogP contribution in [0.25, 0.3) is 0 Å². The molecule has 154 valence electrons. The molecule has 2 aromatic rings. The molecule has 1 aliphatic heterocycles. The van der Waals surface area contributed by atoms with Gasteiger partial charge in [-0.1, -0.05) is 64.8 Å². The van der Waals surface area contributed by atoms with Crippen LogP contribution in [-0.4, -0.2) is 34.8 Å². The van der Waals surface area contributed by atoms with Gasteiger partial charge in [0.1, 0.15) is 0 Å². The van der Waals surface area contributed by atoms with Crippen LogP contribution in [0.2, 0.25) is 10.0 Å². The third kappa shape index (κ3) is 5.87. The Labute approximate surface area is 181 Å². The maximum absolute atomic E-state index is 12.9. The number of amides is 2. The topological polar surface area (TPSA) is 53.9 Å². The van der Waals surface area contributed by atoms with Gasteiger partial charge in [0.25, 0.3) is 0 Å². The van der Waals surface area contributed by atoms with Crippen LogP contribution in [0.15, 0.2) is 53.7 Å². The number of hydrogen-bond acceptors (Lipinski definition) is 3. The minimum absolute atomic E-state index is 0.174. The molecule has 0 saturated heterocycles. The number of carbonyl (C=O) groups excluding carboxylic acids is 1. The first-order valence-electron chi connectivity index (χ1n) is 9.51. The minimum Gasteiger partial charge on any atom is -0.390 e. The maximum atomic E-state index is 12.9. The van der Waals surface area contributed by atoms with Crippen LogP contribution in [0, 0.1) is 0 Å². The van der Waals surface area contributed by atoms with Gasteiger partial charge in [0.15, 0.2) is 6.10 Å². The van der Waals surface area contributed by atoms with Gasteiger partial charge >= 0.3 is 6.03 Å². The van der Waals surface area contributed by atoms with E-state index in [0.717, 1.165) is 16.8 Å². The van der Waals surface area contributed by atoms with Crippen LogP contribution in [0.1, 0.15) is 38.3 Å². The summed E-state index contributed by atoms with van der Waals surface area (Å²) < 4.78 is 0. The number of urea groups is 1. The molecule has 5 nitrogen and oxygen atoms in total. The van der Waals surface area contributed by atoms with Gasteiger partial charge in [0, 0.05) is 34.1 Å². The van der Waals surface area contributed by atoms with E-state index in [9.17, 15) is 4.79 Å². The summed E-state index contributed by atoms with van der Waals surface area (Å²) >= 11 is 12.6. The zero-order chi connectivity index (χ0) is 21.0. The molecule has 1 unspecified atom stereocenters. The largest absolute Gasteiger partial charge is 0.390 e. The van der Waals surface area contributed by atoms with Crippen molar-refractivity contribution in [2.45, 2.75) is 45.4 Å². The van der Waals surface area contributed by atoms with Crippen molar-refractivity contribution >= 4 is 34.9 Å². The molecule has 1 atom stereocenters. The van der Waals surface area contributed by atoms with Crippen molar-refractivity contribution in [2.75, 3.05) is 6.54 Å². The van der Waals surface area contributed by atoms with Crippen molar-refractivity contribution in [3.05, 3.63) is 69.7 Å². The number of oxime groups is 1. The van der Waals surface area contributed by atoms with Crippen LogP contribution in [0.5, 0.6) is 0 Å². The average molecular weight is 434 g/mol. The van der Waals surface area contributed by atoms with E-state index in [1.807, 2.05) is 69.3 Å². The number of halogens is 2. The van der Waals surface area contributed by atoms with Crippen LogP contribution < -0.4 is 5.32 Å². The van der Waals surface area contributed by atoms with E-state index in [4.69, 9.17) is 28.0 Å². The van der Waals surface area contributed by atoms with Gasteiger partial charge < -0.3 is 15.1 Å². The van der Waals surface area contributed by atoms with Crippen LogP contribution in [-0.2, 0) is 11.4 Å². The molecule has 1 heterocycles. The number of carbonyl (C=O) groups is 1. The molecule has 2 amide bonds. The van der Waals surface area contributed by atoms with Crippen LogP contribution in [0.3, 0.4) is 0 Å². The summed E-state index contributed by atoms with van der Waals surface area (Å²) in [6.45, 7) is 6.60. The second-order valence-corrected chi connectivity index (χ2v) is 8.92. The van der Waals surface area contributed by atoms with Crippen molar-refractivity contribution in [3.63, 3.8) is 0 Å². The summed E-state index contributed by atoms with van der Waals surface area (Å²) in [5.74, 6) is 0. The number of hydrogen-bond donors (Lipinski definition) is 1. The summed E-state index contributed by atoms with van der Waals surface area (Å²) in [5, 5.41) is 8.48. The molecule has 0 fully saturated rings.